The van der Waals surface area contributed by atoms with E-state index in [0.717, 1.165) is 11.8 Å². The quantitative estimate of drug-likeness (QED) is 0.753. The summed E-state index contributed by atoms with van der Waals surface area (Å²) in [6.07, 6.45) is 2.97. The molecule has 1 atom stereocenters. The number of carboxylic acid groups (broad SMARTS) is 1. The van der Waals surface area contributed by atoms with Crippen molar-refractivity contribution in [3.8, 4) is 0 Å². The Kier molecular flexibility index (Phi) is 3.90. The lowest BCUT2D eigenvalue weighted by Gasteiger charge is -2.15. The van der Waals surface area contributed by atoms with E-state index in [9.17, 15) is 4.79 Å². The van der Waals surface area contributed by atoms with E-state index in [1.165, 1.54) is 12.4 Å². The molecule has 0 aliphatic carbocycles. The van der Waals surface area contributed by atoms with Crippen LogP contribution in [0, 0.1) is 5.92 Å². The lowest BCUT2D eigenvalue weighted by atomic mass is 10.1. The second-order valence-electron chi connectivity index (χ2n) is 3.37. The van der Waals surface area contributed by atoms with Crippen molar-refractivity contribution < 1.29 is 9.90 Å². The van der Waals surface area contributed by atoms with E-state index >= 15 is 0 Å². The van der Waals surface area contributed by atoms with Crippen LogP contribution in [0.25, 0.3) is 0 Å². The van der Waals surface area contributed by atoms with E-state index in [1.54, 1.807) is 0 Å². The maximum atomic E-state index is 10.9. The summed E-state index contributed by atoms with van der Waals surface area (Å²) in [6.45, 7) is 3.69. The van der Waals surface area contributed by atoms with E-state index in [-0.39, 0.29) is 11.7 Å². The first-order chi connectivity index (χ1) is 7.02. The van der Waals surface area contributed by atoms with E-state index < -0.39 is 11.2 Å². The maximum Gasteiger partial charge on any atom is 0.317 e. The molecule has 5 nitrogen and oxygen atoms in total. The zero-order valence-corrected chi connectivity index (χ0v) is 9.36. The summed E-state index contributed by atoms with van der Waals surface area (Å²) in [4.78, 5) is 18.8. The van der Waals surface area contributed by atoms with Crippen LogP contribution in [0.1, 0.15) is 13.8 Å². The van der Waals surface area contributed by atoms with Crippen LogP contribution in [0.2, 0.25) is 0 Å². The number of hydrogen-bond acceptors (Lipinski definition) is 5. The first-order valence-corrected chi connectivity index (χ1v) is 5.36. The van der Waals surface area contributed by atoms with Crippen molar-refractivity contribution in [1.82, 2.24) is 9.97 Å². The molecule has 1 rings (SSSR count). The van der Waals surface area contributed by atoms with Crippen LogP contribution in [0.3, 0.4) is 0 Å². The van der Waals surface area contributed by atoms with Gasteiger partial charge in [0.05, 0.1) is 0 Å². The first-order valence-electron chi connectivity index (χ1n) is 4.48. The van der Waals surface area contributed by atoms with Gasteiger partial charge in [0.1, 0.15) is 10.3 Å². The largest absolute Gasteiger partial charge is 0.480 e. The summed E-state index contributed by atoms with van der Waals surface area (Å²) >= 11 is 1.13. The normalized spacial score (nSPS) is 12.7. The van der Waals surface area contributed by atoms with Crippen LogP contribution >= 0.6 is 11.8 Å². The third-order valence-corrected chi connectivity index (χ3v) is 3.32. The van der Waals surface area contributed by atoms with Crippen molar-refractivity contribution in [3.63, 3.8) is 0 Å². The van der Waals surface area contributed by atoms with Gasteiger partial charge in [-0.15, -0.1) is 0 Å². The molecule has 0 radical (unpaired) electrons. The number of carboxylic acids is 1. The molecule has 82 valence electrons. The molecule has 1 aromatic heterocycles. The molecular formula is C9H13N3O2S. The van der Waals surface area contributed by atoms with Crippen molar-refractivity contribution in [2.45, 2.75) is 24.1 Å². The van der Waals surface area contributed by atoms with Crippen molar-refractivity contribution in [2.24, 2.45) is 5.92 Å². The Hall–Kier alpha value is -1.30. The number of rotatable bonds is 4. The summed E-state index contributed by atoms with van der Waals surface area (Å²) in [6, 6.07) is 0. The average molecular weight is 227 g/mol. The molecule has 0 saturated carbocycles. The SMILES string of the molecule is CC(C)C(Sc1nccnc1N)C(=O)O. The fourth-order valence-corrected chi connectivity index (χ4v) is 1.93. The number of aliphatic carboxylic acids is 1. The van der Waals surface area contributed by atoms with Crippen LogP contribution in [-0.4, -0.2) is 26.3 Å². The lowest BCUT2D eigenvalue weighted by molar-refractivity contribution is -0.137. The van der Waals surface area contributed by atoms with Crippen molar-refractivity contribution >= 4 is 23.5 Å². The molecule has 0 aliphatic rings. The summed E-state index contributed by atoms with van der Waals surface area (Å²) < 4.78 is 0. The van der Waals surface area contributed by atoms with E-state index in [1.807, 2.05) is 13.8 Å². The van der Waals surface area contributed by atoms with Gasteiger partial charge in [0, 0.05) is 12.4 Å². The monoisotopic (exact) mass is 227 g/mol. The molecule has 0 aliphatic heterocycles. The number of nitrogens with zero attached hydrogens (tertiary/aromatic N) is 2. The molecule has 0 amide bonds. The number of anilines is 1. The topological polar surface area (TPSA) is 89.1 Å². The Labute approximate surface area is 92.1 Å². The van der Waals surface area contributed by atoms with E-state index in [0.29, 0.717) is 5.03 Å². The Bertz CT molecular complexity index is 357. The number of carbonyl (C=O) groups is 1. The summed E-state index contributed by atoms with van der Waals surface area (Å²) in [5.74, 6) is -0.580. The van der Waals surface area contributed by atoms with Crippen molar-refractivity contribution in [1.29, 1.82) is 0 Å². The zero-order chi connectivity index (χ0) is 11.4. The highest BCUT2D eigenvalue weighted by Crippen LogP contribution is 2.29. The molecule has 15 heavy (non-hydrogen) atoms. The van der Waals surface area contributed by atoms with Gasteiger partial charge in [-0.05, 0) is 5.92 Å². The Morgan fingerprint density at radius 3 is 2.53 bits per heavy atom. The predicted octanol–water partition coefficient (Wildman–Crippen LogP) is 1.26. The summed E-state index contributed by atoms with van der Waals surface area (Å²) in [5.41, 5.74) is 5.58. The van der Waals surface area contributed by atoms with Crippen LogP contribution in [0.4, 0.5) is 5.82 Å². The molecule has 0 fully saturated rings. The van der Waals surface area contributed by atoms with Crippen LogP contribution in [0.5, 0.6) is 0 Å². The molecule has 0 aromatic carbocycles. The minimum Gasteiger partial charge on any atom is -0.480 e. The van der Waals surface area contributed by atoms with Gasteiger partial charge in [0.25, 0.3) is 0 Å². The van der Waals surface area contributed by atoms with Gasteiger partial charge < -0.3 is 10.8 Å². The number of hydrogen-bond donors (Lipinski definition) is 2. The third kappa shape index (κ3) is 3.09. The van der Waals surface area contributed by atoms with Gasteiger partial charge in [0.15, 0.2) is 5.82 Å². The highest BCUT2D eigenvalue weighted by molar-refractivity contribution is 8.00. The molecule has 0 saturated heterocycles. The average Bonchev–Trinajstić information content (AvgIpc) is 2.15. The van der Waals surface area contributed by atoms with Gasteiger partial charge in [-0.2, -0.15) is 0 Å². The first kappa shape index (κ1) is 11.8. The standard InChI is InChI=1S/C9H13N3O2S/c1-5(2)6(9(13)14)15-8-7(10)11-3-4-12-8/h3-6H,1-2H3,(H2,10,11)(H,13,14). The second-order valence-corrected chi connectivity index (χ2v) is 4.50. The minimum absolute atomic E-state index is 0.00825. The van der Waals surface area contributed by atoms with Crippen molar-refractivity contribution in [3.05, 3.63) is 12.4 Å². The Morgan fingerprint density at radius 2 is 2.07 bits per heavy atom. The molecule has 1 heterocycles. The minimum atomic E-state index is -0.861. The number of nitrogen functional groups attached to an aromatic ring is 1. The zero-order valence-electron chi connectivity index (χ0n) is 8.54. The number of nitrogens with two attached hydrogens (primary N) is 1. The van der Waals surface area contributed by atoms with Crippen LogP contribution < -0.4 is 5.73 Å². The summed E-state index contributed by atoms with van der Waals surface area (Å²) in [7, 11) is 0. The molecule has 0 spiro atoms. The number of thioether (sulfide) groups is 1. The Morgan fingerprint density at radius 1 is 1.47 bits per heavy atom. The van der Waals surface area contributed by atoms with Crippen LogP contribution in [0.15, 0.2) is 17.4 Å². The van der Waals surface area contributed by atoms with Crippen molar-refractivity contribution in [2.75, 3.05) is 5.73 Å². The van der Waals surface area contributed by atoms with E-state index in [2.05, 4.69) is 9.97 Å². The second kappa shape index (κ2) is 4.97. The highest BCUT2D eigenvalue weighted by atomic mass is 32.2. The third-order valence-electron chi connectivity index (χ3n) is 1.78. The predicted molar refractivity (Wildman–Crippen MR) is 58.6 cm³/mol. The number of aromatic nitrogens is 2. The molecule has 3 N–H and O–H groups in total. The van der Waals surface area contributed by atoms with Gasteiger partial charge in [-0.1, -0.05) is 25.6 Å². The highest BCUT2D eigenvalue weighted by Gasteiger charge is 2.24. The van der Waals surface area contributed by atoms with Gasteiger partial charge in [0.2, 0.25) is 0 Å². The van der Waals surface area contributed by atoms with Crippen LogP contribution in [-0.2, 0) is 4.79 Å². The van der Waals surface area contributed by atoms with Gasteiger partial charge >= 0.3 is 5.97 Å². The molecule has 0 bridgehead atoms. The Balaban J connectivity index is 2.84. The fourth-order valence-electron chi connectivity index (χ4n) is 1.02. The lowest BCUT2D eigenvalue weighted by Crippen LogP contribution is -2.22. The van der Waals surface area contributed by atoms with E-state index in [4.69, 9.17) is 10.8 Å². The maximum absolute atomic E-state index is 10.9. The molecule has 1 aromatic rings. The molecular weight excluding hydrogens is 214 g/mol. The molecule has 6 heteroatoms. The van der Waals surface area contributed by atoms with Gasteiger partial charge in [-0.25, -0.2) is 9.97 Å². The summed E-state index contributed by atoms with van der Waals surface area (Å²) in [5, 5.41) is 8.91. The van der Waals surface area contributed by atoms with Gasteiger partial charge in [-0.3, -0.25) is 4.79 Å². The fraction of sp³-hybridized carbons (Fsp3) is 0.444. The smallest absolute Gasteiger partial charge is 0.317 e. The molecule has 1 unspecified atom stereocenters.